The molecule has 4 unspecified atom stereocenters. The Labute approximate surface area is 323 Å². The van der Waals surface area contributed by atoms with Gasteiger partial charge < -0.3 is 9.32 Å². The molecule has 5 aromatic carbocycles. The summed E-state index contributed by atoms with van der Waals surface area (Å²) >= 11 is 0. The summed E-state index contributed by atoms with van der Waals surface area (Å²) in [6.07, 6.45) is 31.7. The van der Waals surface area contributed by atoms with Gasteiger partial charge in [0.25, 0.3) is 0 Å². The average molecular weight is 710 g/mol. The minimum Gasteiger partial charge on any atom is -0.455 e. The lowest BCUT2D eigenvalue weighted by molar-refractivity contribution is 0.536. The van der Waals surface area contributed by atoms with Gasteiger partial charge in [-0.2, -0.15) is 0 Å². The van der Waals surface area contributed by atoms with Gasteiger partial charge in [-0.1, -0.05) is 176 Å². The first kappa shape index (κ1) is 33.2. The van der Waals surface area contributed by atoms with E-state index in [1.807, 2.05) is 0 Å². The number of furan rings is 1. The number of nitrogens with zero attached hydrogens (tertiary/aromatic N) is 1. The van der Waals surface area contributed by atoms with Crippen molar-refractivity contribution in [3.63, 3.8) is 0 Å². The SMILES string of the molecule is CC1(c2cccc3c2oc2c(-c4ccccc4)cccc23)CC=CC=C1N(C1=CCC(c2ccccc2)C=C1)c1cccc(C2=CC=CC3C=CC=CC23)c1. The summed E-state index contributed by atoms with van der Waals surface area (Å²) in [6, 6.07) is 43.9. The highest BCUT2D eigenvalue weighted by atomic mass is 16.3. The van der Waals surface area contributed by atoms with Crippen LogP contribution in [0.3, 0.4) is 0 Å². The lowest BCUT2D eigenvalue weighted by atomic mass is 9.73. The summed E-state index contributed by atoms with van der Waals surface area (Å²) in [6.45, 7) is 2.40. The molecule has 0 amide bonds. The average Bonchev–Trinajstić information content (AvgIpc) is 3.64. The van der Waals surface area contributed by atoms with E-state index in [2.05, 4.69) is 212 Å². The van der Waals surface area contributed by atoms with Crippen LogP contribution in [0.5, 0.6) is 0 Å². The molecule has 6 aromatic rings. The Morgan fingerprint density at radius 1 is 0.655 bits per heavy atom. The summed E-state index contributed by atoms with van der Waals surface area (Å²) in [5.41, 5.74) is 12.5. The smallest absolute Gasteiger partial charge is 0.143 e. The monoisotopic (exact) mass is 709 g/mol. The molecule has 2 heteroatoms. The Morgan fingerprint density at radius 3 is 2.24 bits per heavy atom. The van der Waals surface area contributed by atoms with Crippen molar-refractivity contribution in [1.82, 2.24) is 0 Å². The quantitative estimate of drug-likeness (QED) is 0.164. The second kappa shape index (κ2) is 13.8. The van der Waals surface area contributed by atoms with Crippen molar-refractivity contribution in [2.24, 2.45) is 11.8 Å². The molecule has 1 aromatic heterocycles. The Morgan fingerprint density at radius 2 is 1.40 bits per heavy atom. The van der Waals surface area contributed by atoms with E-state index in [4.69, 9.17) is 4.42 Å². The number of para-hydroxylation sites is 2. The van der Waals surface area contributed by atoms with E-state index >= 15 is 0 Å². The Hall–Kier alpha value is -6.38. The molecule has 0 saturated carbocycles. The maximum atomic E-state index is 7.05. The standard InChI is InChI=1S/C53H43NO/c1-53(49-29-15-28-48-47-27-14-26-46(51(47)55-52(48)49)40-18-6-3-7-19-40)35-11-10-30-50(53)54(42-33-31-38(32-34-42)37-16-4-2-5-17-37)43-23-12-22-41(36-43)45-25-13-21-39-20-8-9-24-44(39)45/h2-31,33-34,36,38-39,44H,32,35H2,1H3. The highest BCUT2D eigenvalue weighted by molar-refractivity contribution is 6.10. The van der Waals surface area contributed by atoms with Crippen LogP contribution in [0.4, 0.5) is 5.69 Å². The van der Waals surface area contributed by atoms with Gasteiger partial charge in [-0.05, 0) is 66.3 Å². The van der Waals surface area contributed by atoms with Crippen LogP contribution >= 0.6 is 0 Å². The van der Waals surface area contributed by atoms with E-state index in [1.54, 1.807) is 0 Å². The van der Waals surface area contributed by atoms with Crippen LogP contribution in [0.1, 0.15) is 42.4 Å². The maximum absolute atomic E-state index is 7.05. The van der Waals surface area contributed by atoms with E-state index in [1.165, 1.54) is 33.7 Å². The Balaban J connectivity index is 1.12. The van der Waals surface area contributed by atoms with Crippen LogP contribution in [-0.2, 0) is 5.41 Å². The number of fused-ring (bicyclic) bond motifs is 4. The fraction of sp³-hybridized carbons (Fsp3) is 0.132. The van der Waals surface area contributed by atoms with Crippen molar-refractivity contribution in [3.05, 3.63) is 228 Å². The highest BCUT2D eigenvalue weighted by Gasteiger charge is 2.39. The van der Waals surface area contributed by atoms with Crippen molar-refractivity contribution < 1.29 is 4.42 Å². The molecule has 10 rings (SSSR count). The summed E-state index contributed by atoms with van der Waals surface area (Å²) in [4.78, 5) is 2.52. The molecule has 4 atom stereocenters. The van der Waals surface area contributed by atoms with Crippen LogP contribution in [0.25, 0.3) is 38.6 Å². The number of rotatable bonds is 7. The van der Waals surface area contributed by atoms with Gasteiger partial charge >= 0.3 is 0 Å². The predicted molar refractivity (Wildman–Crippen MR) is 231 cm³/mol. The molecule has 55 heavy (non-hydrogen) atoms. The zero-order chi connectivity index (χ0) is 36.8. The second-order valence-corrected chi connectivity index (χ2v) is 15.4. The molecule has 0 saturated heterocycles. The lowest BCUT2D eigenvalue weighted by Gasteiger charge is -2.42. The topological polar surface area (TPSA) is 16.4 Å². The first-order chi connectivity index (χ1) is 27.2. The fourth-order valence-corrected chi connectivity index (χ4v) is 9.20. The Bertz CT molecular complexity index is 2680. The molecule has 266 valence electrons. The zero-order valence-corrected chi connectivity index (χ0v) is 31.1. The largest absolute Gasteiger partial charge is 0.455 e. The van der Waals surface area contributed by atoms with E-state index in [9.17, 15) is 0 Å². The molecule has 1 heterocycles. The predicted octanol–water partition coefficient (Wildman–Crippen LogP) is 13.8. The van der Waals surface area contributed by atoms with Crippen LogP contribution in [0.15, 0.2) is 216 Å². The molecular weight excluding hydrogens is 667 g/mol. The van der Waals surface area contributed by atoms with Crippen LogP contribution in [-0.4, -0.2) is 0 Å². The number of hydrogen-bond acceptors (Lipinski definition) is 2. The van der Waals surface area contributed by atoms with E-state index < -0.39 is 5.41 Å². The number of anilines is 1. The summed E-state index contributed by atoms with van der Waals surface area (Å²) in [5.74, 6) is 1.05. The van der Waals surface area contributed by atoms with Gasteiger partial charge in [0.2, 0.25) is 0 Å². The maximum Gasteiger partial charge on any atom is 0.143 e. The molecule has 0 bridgehead atoms. The van der Waals surface area contributed by atoms with Crippen LogP contribution in [0.2, 0.25) is 0 Å². The van der Waals surface area contributed by atoms with Gasteiger partial charge in [-0.15, -0.1) is 0 Å². The molecule has 0 N–H and O–H groups in total. The molecule has 0 fully saturated rings. The summed E-state index contributed by atoms with van der Waals surface area (Å²) < 4.78 is 7.05. The third kappa shape index (κ3) is 5.81. The minimum atomic E-state index is -0.398. The van der Waals surface area contributed by atoms with Crippen molar-refractivity contribution in [1.29, 1.82) is 0 Å². The molecule has 2 nitrogen and oxygen atoms in total. The fourth-order valence-electron chi connectivity index (χ4n) is 9.20. The van der Waals surface area contributed by atoms with Gasteiger partial charge in [0.15, 0.2) is 0 Å². The summed E-state index contributed by atoms with van der Waals surface area (Å²) in [5, 5.41) is 2.30. The van der Waals surface area contributed by atoms with Crippen molar-refractivity contribution in [3.8, 4) is 11.1 Å². The molecular formula is C53H43NO. The van der Waals surface area contributed by atoms with Crippen molar-refractivity contribution in [2.45, 2.75) is 31.1 Å². The van der Waals surface area contributed by atoms with E-state index in [0.29, 0.717) is 17.8 Å². The number of allylic oxidation sites excluding steroid dienone is 15. The van der Waals surface area contributed by atoms with Crippen LogP contribution in [0, 0.1) is 11.8 Å². The van der Waals surface area contributed by atoms with Gasteiger partial charge in [0.1, 0.15) is 11.2 Å². The van der Waals surface area contributed by atoms with Gasteiger partial charge in [-0.25, -0.2) is 0 Å². The normalized spacial score (nSPS) is 22.7. The highest BCUT2D eigenvalue weighted by Crippen LogP contribution is 2.49. The molecule has 0 radical (unpaired) electrons. The lowest BCUT2D eigenvalue weighted by Crippen LogP contribution is -2.37. The first-order valence-electron chi connectivity index (χ1n) is 19.6. The van der Waals surface area contributed by atoms with Gasteiger partial charge in [0.05, 0.1) is 0 Å². The van der Waals surface area contributed by atoms with Crippen molar-refractivity contribution in [2.75, 3.05) is 4.90 Å². The third-order valence-electron chi connectivity index (χ3n) is 12.1. The van der Waals surface area contributed by atoms with Gasteiger partial charge in [-0.3, -0.25) is 0 Å². The van der Waals surface area contributed by atoms with E-state index in [0.717, 1.165) is 51.6 Å². The number of hydrogen-bond donors (Lipinski definition) is 0. The Kier molecular flexibility index (Phi) is 8.33. The van der Waals surface area contributed by atoms with Crippen LogP contribution < -0.4 is 4.90 Å². The van der Waals surface area contributed by atoms with Gasteiger partial charge in [0, 0.05) is 62.1 Å². The van der Waals surface area contributed by atoms with Crippen molar-refractivity contribution >= 4 is 33.2 Å². The van der Waals surface area contributed by atoms with E-state index in [-0.39, 0.29) is 0 Å². The molecule has 4 aliphatic carbocycles. The number of benzene rings is 5. The summed E-state index contributed by atoms with van der Waals surface area (Å²) in [7, 11) is 0. The third-order valence-corrected chi connectivity index (χ3v) is 12.1. The molecule has 0 aliphatic heterocycles. The first-order valence-corrected chi connectivity index (χ1v) is 19.6. The molecule has 0 spiro atoms. The second-order valence-electron chi connectivity index (χ2n) is 15.4. The minimum absolute atomic E-state index is 0.327. The zero-order valence-electron chi connectivity index (χ0n) is 31.1. The molecule has 4 aliphatic rings.